The molecule has 2 heterocycles. The van der Waals surface area contributed by atoms with E-state index < -0.39 is 0 Å². The molecule has 0 aromatic carbocycles. The van der Waals surface area contributed by atoms with Crippen molar-refractivity contribution in [3.8, 4) is 11.6 Å². The van der Waals surface area contributed by atoms with Crippen molar-refractivity contribution in [2.45, 2.75) is 52.6 Å². The van der Waals surface area contributed by atoms with Crippen molar-refractivity contribution >= 4 is 29.9 Å². The molecule has 0 aliphatic carbocycles. The molecule has 0 fully saturated rings. The number of aromatic nitrogens is 3. The molecule has 2 aromatic rings. The van der Waals surface area contributed by atoms with Gasteiger partial charge in [0.2, 0.25) is 0 Å². The molecule has 8 nitrogen and oxygen atoms in total. The van der Waals surface area contributed by atoms with Gasteiger partial charge in [0, 0.05) is 51.4 Å². The lowest BCUT2D eigenvalue weighted by Gasteiger charge is -2.30. The van der Waals surface area contributed by atoms with Gasteiger partial charge in [-0.15, -0.1) is 24.0 Å². The van der Waals surface area contributed by atoms with E-state index in [0.717, 1.165) is 25.5 Å². The van der Waals surface area contributed by atoms with Crippen LogP contribution >= 0.6 is 24.0 Å². The summed E-state index contributed by atoms with van der Waals surface area (Å²) in [5.74, 6) is 1.88. The lowest BCUT2D eigenvalue weighted by atomic mass is 10.2. The highest BCUT2D eigenvalue weighted by atomic mass is 127. The van der Waals surface area contributed by atoms with E-state index in [1.54, 1.807) is 13.2 Å². The molecule has 0 radical (unpaired) electrons. The first-order chi connectivity index (χ1) is 13.5. The van der Waals surface area contributed by atoms with E-state index in [9.17, 15) is 0 Å². The highest BCUT2D eigenvalue weighted by Gasteiger charge is 2.12. The Kier molecular flexibility index (Phi) is 11.7. The van der Waals surface area contributed by atoms with E-state index >= 15 is 0 Å². The number of guanidine groups is 1. The van der Waals surface area contributed by atoms with Crippen LogP contribution < -0.4 is 10.6 Å². The van der Waals surface area contributed by atoms with Crippen LogP contribution in [0.4, 0.5) is 0 Å². The molecule has 0 saturated heterocycles. The van der Waals surface area contributed by atoms with Gasteiger partial charge in [-0.05, 0) is 46.2 Å². The average molecular weight is 515 g/mol. The summed E-state index contributed by atoms with van der Waals surface area (Å²) in [6, 6.07) is 6.71. The topological polar surface area (TPSA) is 91.5 Å². The van der Waals surface area contributed by atoms with Crippen LogP contribution in [0.3, 0.4) is 0 Å². The number of halogens is 1. The number of rotatable bonds is 10. The molecule has 0 saturated carbocycles. The molecular formula is C20H34IN7O. The Hall–Kier alpha value is -1.75. The fraction of sp³-hybridized carbons (Fsp3) is 0.600. The van der Waals surface area contributed by atoms with Gasteiger partial charge in [0.1, 0.15) is 5.69 Å². The number of hydrogen-bond acceptors (Lipinski definition) is 6. The van der Waals surface area contributed by atoms with E-state index in [4.69, 9.17) is 4.52 Å². The number of aliphatic imine (C=N–C) groups is 1. The lowest BCUT2D eigenvalue weighted by molar-refractivity contribution is 0.173. The first-order valence-corrected chi connectivity index (χ1v) is 9.95. The van der Waals surface area contributed by atoms with Crippen LogP contribution in [0.1, 0.15) is 39.9 Å². The Morgan fingerprint density at radius 2 is 1.86 bits per heavy atom. The number of nitrogens with one attached hydrogen (secondary N) is 2. The van der Waals surface area contributed by atoms with Crippen molar-refractivity contribution in [3.63, 3.8) is 0 Å². The average Bonchev–Trinajstić information content (AvgIpc) is 3.15. The zero-order valence-corrected chi connectivity index (χ0v) is 20.4. The minimum atomic E-state index is 0. The van der Waals surface area contributed by atoms with Crippen molar-refractivity contribution in [2.24, 2.45) is 4.99 Å². The highest BCUT2D eigenvalue weighted by Crippen LogP contribution is 2.13. The van der Waals surface area contributed by atoms with Crippen molar-refractivity contribution in [1.29, 1.82) is 0 Å². The summed E-state index contributed by atoms with van der Waals surface area (Å²) < 4.78 is 5.27. The molecule has 0 aliphatic rings. The first kappa shape index (κ1) is 25.3. The zero-order chi connectivity index (χ0) is 20.4. The first-order valence-electron chi connectivity index (χ1n) is 9.95. The van der Waals surface area contributed by atoms with Crippen LogP contribution in [0, 0.1) is 0 Å². The molecule has 0 aliphatic heterocycles. The summed E-state index contributed by atoms with van der Waals surface area (Å²) in [7, 11) is 1.78. The quantitative estimate of drug-likeness (QED) is 0.218. The van der Waals surface area contributed by atoms with Gasteiger partial charge in [0.15, 0.2) is 11.8 Å². The molecule has 162 valence electrons. The van der Waals surface area contributed by atoms with Crippen molar-refractivity contribution in [3.05, 3.63) is 30.2 Å². The standard InChI is InChI=1S/C20H33N7O.HI/c1-15(2)27(16(3)4)14-8-12-23-20(21-5)24-13-10-18-25-19(28-26-18)17-9-6-7-11-22-17;/h6-7,9,11,15-16H,8,10,12-14H2,1-5H3,(H2,21,23,24);1H. The summed E-state index contributed by atoms with van der Waals surface area (Å²) in [5, 5.41) is 10.7. The molecule has 0 unspecified atom stereocenters. The van der Waals surface area contributed by atoms with Crippen LogP contribution in [-0.4, -0.2) is 64.7 Å². The Morgan fingerprint density at radius 1 is 1.14 bits per heavy atom. The van der Waals surface area contributed by atoms with Crippen LogP contribution in [0.2, 0.25) is 0 Å². The van der Waals surface area contributed by atoms with Crippen LogP contribution in [0.25, 0.3) is 11.6 Å². The van der Waals surface area contributed by atoms with Gasteiger partial charge in [-0.1, -0.05) is 11.2 Å². The Labute approximate surface area is 191 Å². The van der Waals surface area contributed by atoms with Gasteiger partial charge < -0.3 is 15.2 Å². The predicted octanol–water partition coefficient (Wildman–Crippen LogP) is 2.97. The number of hydrogen-bond donors (Lipinski definition) is 2. The molecule has 0 bridgehead atoms. The third-order valence-electron chi connectivity index (χ3n) is 4.43. The molecule has 2 N–H and O–H groups in total. The molecule has 0 amide bonds. The Bertz CT molecular complexity index is 711. The maximum absolute atomic E-state index is 5.27. The minimum Gasteiger partial charge on any atom is -0.356 e. The van der Waals surface area contributed by atoms with Crippen LogP contribution in [0.15, 0.2) is 33.9 Å². The second kappa shape index (κ2) is 13.5. The maximum atomic E-state index is 5.27. The smallest absolute Gasteiger partial charge is 0.276 e. The highest BCUT2D eigenvalue weighted by molar-refractivity contribution is 14.0. The molecule has 2 rings (SSSR count). The normalized spacial score (nSPS) is 11.8. The SMILES string of the molecule is CN=C(NCCCN(C(C)C)C(C)C)NCCc1noc(-c2ccccn2)n1.I. The van der Waals surface area contributed by atoms with E-state index in [2.05, 4.69) is 63.3 Å². The molecule has 2 aromatic heterocycles. The second-order valence-corrected chi connectivity index (χ2v) is 7.19. The third-order valence-corrected chi connectivity index (χ3v) is 4.43. The molecule has 0 atom stereocenters. The second-order valence-electron chi connectivity index (χ2n) is 7.19. The monoisotopic (exact) mass is 515 g/mol. The van der Waals surface area contributed by atoms with E-state index in [1.165, 1.54) is 0 Å². The predicted molar refractivity (Wildman–Crippen MR) is 128 cm³/mol. The fourth-order valence-electron chi connectivity index (χ4n) is 3.04. The molecule has 29 heavy (non-hydrogen) atoms. The van der Waals surface area contributed by atoms with Gasteiger partial charge in [-0.2, -0.15) is 4.98 Å². The van der Waals surface area contributed by atoms with Crippen LogP contribution in [0.5, 0.6) is 0 Å². The fourth-order valence-corrected chi connectivity index (χ4v) is 3.04. The molecular weight excluding hydrogens is 481 g/mol. The van der Waals surface area contributed by atoms with E-state index in [0.29, 0.717) is 42.5 Å². The summed E-state index contributed by atoms with van der Waals surface area (Å²) in [6.07, 6.45) is 3.42. The number of nitrogens with zero attached hydrogens (tertiary/aromatic N) is 5. The Morgan fingerprint density at radius 3 is 2.48 bits per heavy atom. The summed E-state index contributed by atoms with van der Waals surface area (Å²) in [4.78, 5) is 15.4. The maximum Gasteiger partial charge on any atom is 0.276 e. The molecule has 9 heteroatoms. The van der Waals surface area contributed by atoms with E-state index in [-0.39, 0.29) is 24.0 Å². The van der Waals surface area contributed by atoms with Crippen molar-refractivity contribution in [2.75, 3.05) is 26.7 Å². The third kappa shape index (κ3) is 8.65. The zero-order valence-electron chi connectivity index (χ0n) is 18.1. The lowest BCUT2D eigenvalue weighted by Crippen LogP contribution is -2.41. The van der Waals surface area contributed by atoms with Crippen molar-refractivity contribution < 1.29 is 4.52 Å². The largest absolute Gasteiger partial charge is 0.356 e. The van der Waals surface area contributed by atoms with Gasteiger partial charge in [-0.3, -0.25) is 14.9 Å². The minimum absolute atomic E-state index is 0. The number of pyridine rings is 1. The van der Waals surface area contributed by atoms with Gasteiger partial charge in [-0.25, -0.2) is 0 Å². The van der Waals surface area contributed by atoms with Gasteiger partial charge in [0.05, 0.1) is 0 Å². The summed E-state index contributed by atoms with van der Waals surface area (Å²) in [5.41, 5.74) is 0.684. The van der Waals surface area contributed by atoms with Gasteiger partial charge >= 0.3 is 0 Å². The van der Waals surface area contributed by atoms with Gasteiger partial charge in [0.25, 0.3) is 5.89 Å². The van der Waals surface area contributed by atoms with E-state index in [1.807, 2.05) is 18.2 Å². The summed E-state index contributed by atoms with van der Waals surface area (Å²) >= 11 is 0. The van der Waals surface area contributed by atoms with Crippen LogP contribution in [-0.2, 0) is 6.42 Å². The Balaban J connectivity index is 0.00000420. The molecule has 0 spiro atoms. The van der Waals surface area contributed by atoms with Crippen molar-refractivity contribution in [1.82, 2.24) is 30.7 Å². The summed E-state index contributed by atoms with van der Waals surface area (Å²) in [6.45, 7) is 11.6.